The molecule has 98 valence electrons. The summed E-state index contributed by atoms with van der Waals surface area (Å²) >= 11 is 7.42. The van der Waals surface area contributed by atoms with Gasteiger partial charge in [0, 0.05) is 9.79 Å². The maximum Gasteiger partial charge on any atom is 0.337 e. The van der Waals surface area contributed by atoms with E-state index in [1.165, 1.54) is 17.8 Å². The molecule has 0 amide bonds. The van der Waals surface area contributed by atoms with Crippen molar-refractivity contribution in [2.45, 2.75) is 9.79 Å². The topological polar surface area (TPSA) is 46.5 Å². The monoisotopic (exact) mass is 294 g/mol. The van der Waals surface area contributed by atoms with Gasteiger partial charge < -0.3 is 9.84 Å². The number of carbonyl (C=O) groups is 1. The number of halogens is 1. The molecule has 2 aromatic rings. The van der Waals surface area contributed by atoms with Crippen molar-refractivity contribution in [3.63, 3.8) is 0 Å². The van der Waals surface area contributed by atoms with Gasteiger partial charge in [0.1, 0.15) is 5.75 Å². The van der Waals surface area contributed by atoms with Gasteiger partial charge in [0.2, 0.25) is 0 Å². The lowest BCUT2D eigenvalue weighted by molar-refractivity contribution is 0.0697. The summed E-state index contributed by atoms with van der Waals surface area (Å²) in [6.07, 6.45) is 0. The zero-order valence-electron chi connectivity index (χ0n) is 10.1. The highest BCUT2D eigenvalue weighted by Gasteiger charge is 2.09. The van der Waals surface area contributed by atoms with Crippen LogP contribution in [-0.2, 0) is 0 Å². The Morgan fingerprint density at radius 1 is 1.21 bits per heavy atom. The standard InChI is InChI=1S/C14H11ClO3S/c1-18-9-3-2-4-10(7-9)19-11-5-6-12(14(16)17)13(15)8-11/h2-8H,1H3,(H,16,17). The van der Waals surface area contributed by atoms with Crippen molar-refractivity contribution in [2.75, 3.05) is 7.11 Å². The van der Waals surface area contributed by atoms with Gasteiger partial charge in [0.05, 0.1) is 17.7 Å². The summed E-state index contributed by atoms with van der Waals surface area (Å²) in [5.74, 6) is -0.249. The number of rotatable bonds is 4. The molecule has 2 rings (SSSR count). The summed E-state index contributed by atoms with van der Waals surface area (Å²) in [6, 6.07) is 12.5. The van der Waals surface area contributed by atoms with Gasteiger partial charge in [-0.05, 0) is 36.4 Å². The van der Waals surface area contributed by atoms with E-state index in [0.29, 0.717) is 0 Å². The number of methoxy groups -OCH3 is 1. The molecule has 0 atom stereocenters. The Hall–Kier alpha value is -1.65. The van der Waals surface area contributed by atoms with Crippen LogP contribution in [-0.4, -0.2) is 18.2 Å². The first kappa shape index (κ1) is 13.8. The Bertz CT molecular complexity index is 613. The first-order valence-electron chi connectivity index (χ1n) is 5.45. The Balaban J connectivity index is 2.23. The molecule has 0 saturated carbocycles. The van der Waals surface area contributed by atoms with Gasteiger partial charge in [-0.1, -0.05) is 29.4 Å². The summed E-state index contributed by atoms with van der Waals surface area (Å²) in [5, 5.41) is 9.14. The van der Waals surface area contributed by atoms with Gasteiger partial charge in [-0.2, -0.15) is 0 Å². The Morgan fingerprint density at radius 3 is 2.58 bits per heavy atom. The molecule has 0 aliphatic carbocycles. The molecule has 0 spiro atoms. The lowest BCUT2D eigenvalue weighted by Gasteiger charge is -2.06. The number of hydrogen-bond acceptors (Lipinski definition) is 3. The minimum absolute atomic E-state index is 0.108. The lowest BCUT2D eigenvalue weighted by atomic mass is 10.2. The van der Waals surface area contributed by atoms with E-state index in [1.54, 1.807) is 19.2 Å². The predicted molar refractivity (Wildman–Crippen MR) is 75.5 cm³/mol. The van der Waals surface area contributed by atoms with Crippen LogP contribution in [0.25, 0.3) is 0 Å². The molecule has 2 aromatic carbocycles. The van der Waals surface area contributed by atoms with Crippen molar-refractivity contribution in [1.82, 2.24) is 0 Å². The normalized spacial score (nSPS) is 10.2. The van der Waals surface area contributed by atoms with Gasteiger partial charge in [-0.3, -0.25) is 0 Å². The fraction of sp³-hybridized carbons (Fsp3) is 0.0714. The quantitative estimate of drug-likeness (QED) is 0.918. The molecule has 0 aliphatic rings. The molecule has 0 aromatic heterocycles. The molecule has 0 aliphatic heterocycles. The summed E-state index contributed by atoms with van der Waals surface area (Å²) < 4.78 is 5.15. The summed E-state index contributed by atoms with van der Waals surface area (Å²) in [4.78, 5) is 12.7. The number of ether oxygens (including phenoxy) is 1. The molecule has 0 saturated heterocycles. The van der Waals surface area contributed by atoms with E-state index in [0.717, 1.165) is 15.5 Å². The van der Waals surface area contributed by atoms with Gasteiger partial charge >= 0.3 is 5.97 Å². The van der Waals surface area contributed by atoms with Crippen molar-refractivity contribution in [2.24, 2.45) is 0 Å². The van der Waals surface area contributed by atoms with Crippen LogP contribution in [0.4, 0.5) is 0 Å². The van der Waals surface area contributed by atoms with E-state index in [-0.39, 0.29) is 10.6 Å². The fourth-order valence-corrected chi connectivity index (χ4v) is 2.77. The smallest absolute Gasteiger partial charge is 0.337 e. The highest BCUT2D eigenvalue weighted by atomic mass is 35.5. The van der Waals surface area contributed by atoms with Crippen LogP contribution in [0.5, 0.6) is 5.75 Å². The minimum Gasteiger partial charge on any atom is -0.497 e. The summed E-state index contributed by atoms with van der Waals surface area (Å²) in [7, 11) is 1.61. The first-order valence-corrected chi connectivity index (χ1v) is 6.64. The second-order valence-electron chi connectivity index (χ2n) is 3.73. The zero-order chi connectivity index (χ0) is 13.8. The van der Waals surface area contributed by atoms with Crippen LogP contribution in [0.15, 0.2) is 52.3 Å². The van der Waals surface area contributed by atoms with E-state index >= 15 is 0 Å². The first-order chi connectivity index (χ1) is 9.10. The Labute approximate surface area is 120 Å². The van der Waals surface area contributed by atoms with E-state index in [4.69, 9.17) is 21.4 Å². The van der Waals surface area contributed by atoms with Gasteiger partial charge in [-0.15, -0.1) is 0 Å². The van der Waals surface area contributed by atoms with E-state index in [1.807, 2.05) is 24.3 Å². The van der Waals surface area contributed by atoms with Gasteiger partial charge in [0.15, 0.2) is 0 Å². The molecular weight excluding hydrogens is 284 g/mol. The van der Waals surface area contributed by atoms with Crippen molar-refractivity contribution < 1.29 is 14.6 Å². The van der Waals surface area contributed by atoms with Crippen LogP contribution in [0, 0.1) is 0 Å². The van der Waals surface area contributed by atoms with E-state index in [9.17, 15) is 4.79 Å². The molecule has 0 bridgehead atoms. The molecular formula is C14H11ClO3S. The predicted octanol–water partition coefficient (Wildman–Crippen LogP) is 4.20. The second-order valence-corrected chi connectivity index (χ2v) is 5.28. The van der Waals surface area contributed by atoms with Crippen LogP contribution in [0.1, 0.15) is 10.4 Å². The molecule has 0 radical (unpaired) electrons. The van der Waals surface area contributed by atoms with Crippen molar-refractivity contribution in [3.8, 4) is 5.75 Å². The number of hydrogen-bond donors (Lipinski definition) is 1. The van der Waals surface area contributed by atoms with Crippen LogP contribution < -0.4 is 4.74 Å². The summed E-state index contributed by atoms with van der Waals surface area (Å²) in [6.45, 7) is 0. The Kier molecular flexibility index (Phi) is 4.35. The third kappa shape index (κ3) is 3.43. The molecule has 1 N–H and O–H groups in total. The van der Waals surface area contributed by atoms with Crippen LogP contribution in [0.2, 0.25) is 5.02 Å². The average Bonchev–Trinajstić information content (AvgIpc) is 2.38. The highest BCUT2D eigenvalue weighted by molar-refractivity contribution is 7.99. The maximum atomic E-state index is 10.9. The summed E-state index contributed by atoms with van der Waals surface area (Å²) in [5.41, 5.74) is 0.108. The van der Waals surface area contributed by atoms with Crippen LogP contribution >= 0.6 is 23.4 Å². The maximum absolute atomic E-state index is 10.9. The third-order valence-electron chi connectivity index (χ3n) is 2.45. The number of carboxylic acid groups (broad SMARTS) is 1. The molecule has 0 unspecified atom stereocenters. The number of carboxylic acids is 1. The SMILES string of the molecule is COc1cccc(Sc2ccc(C(=O)O)c(Cl)c2)c1. The fourth-order valence-electron chi connectivity index (χ4n) is 1.53. The third-order valence-corrected chi connectivity index (χ3v) is 3.74. The number of benzene rings is 2. The van der Waals surface area contributed by atoms with E-state index < -0.39 is 5.97 Å². The highest BCUT2D eigenvalue weighted by Crippen LogP contribution is 2.32. The molecule has 0 heterocycles. The molecule has 0 fully saturated rings. The largest absolute Gasteiger partial charge is 0.497 e. The molecule has 5 heteroatoms. The second kappa shape index (κ2) is 5.99. The average molecular weight is 295 g/mol. The lowest BCUT2D eigenvalue weighted by Crippen LogP contribution is -1.96. The molecule has 3 nitrogen and oxygen atoms in total. The van der Waals surface area contributed by atoms with Gasteiger partial charge in [0.25, 0.3) is 0 Å². The number of aromatic carboxylic acids is 1. The van der Waals surface area contributed by atoms with Gasteiger partial charge in [-0.25, -0.2) is 4.79 Å². The minimum atomic E-state index is -1.03. The molecule has 19 heavy (non-hydrogen) atoms. The van der Waals surface area contributed by atoms with Crippen molar-refractivity contribution >= 4 is 29.3 Å². The Morgan fingerprint density at radius 2 is 1.95 bits per heavy atom. The zero-order valence-corrected chi connectivity index (χ0v) is 11.7. The van der Waals surface area contributed by atoms with Crippen molar-refractivity contribution in [1.29, 1.82) is 0 Å². The van der Waals surface area contributed by atoms with Crippen LogP contribution in [0.3, 0.4) is 0 Å². The van der Waals surface area contributed by atoms with E-state index in [2.05, 4.69) is 0 Å². The van der Waals surface area contributed by atoms with Crippen molar-refractivity contribution in [3.05, 3.63) is 53.1 Å².